The fourth-order valence-corrected chi connectivity index (χ4v) is 9.73. The Kier molecular flexibility index (Phi) is 8.18. The topological polar surface area (TPSA) is 95.9 Å². The van der Waals surface area contributed by atoms with Crippen LogP contribution >= 0.6 is 27.7 Å². The molecule has 6 atom stereocenters. The average Bonchev–Trinajstić information content (AvgIpc) is 3.40. The van der Waals surface area contributed by atoms with Gasteiger partial charge in [0.2, 0.25) is 11.8 Å². The summed E-state index contributed by atoms with van der Waals surface area (Å²) in [5.41, 5.74) is 2.72. The lowest BCUT2D eigenvalue weighted by Crippen LogP contribution is -2.52. The molecule has 0 aromatic heterocycles. The molecule has 1 aromatic rings. The Morgan fingerprint density at radius 3 is 2.57 bits per heavy atom. The van der Waals surface area contributed by atoms with E-state index in [1.165, 1.54) is 0 Å². The lowest BCUT2D eigenvalue weighted by Gasteiger charge is -2.35. The summed E-state index contributed by atoms with van der Waals surface area (Å²) in [5.74, 6) is -1.75. The summed E-state index contributed by atoms with van der Waals surface area (Å²) in [4.78, 5) is 42.6. The summed E-state index contributed by atoms with van der Waals surface area (Å²) >= 11 is 5.39. The highest BCUT2D eigenvalue weighted by atomic mass is 79.9. The SMILES string of the molecule is CCOC(=O)[C@H]1[C@@H]2SC3(CC2Br)C(C(=O)Nc2c(C)cccc2C)N(CCCCCCO)C(=O)[C@H]13. The molecule has 1 spiro atoms. The number of halogens is 1. The maximum Gasteiger partial charge on any atom is 0.310 e. The zero-order chi connectivity index (χ0) is 25.3. The third-order valence-corrected chi connectivity index (χ3v) is 10.9. The van der Waals surface area contributed by atoms with Gasteiger partial charge in [-0.2, -0.15) is 0 Å². The molecule has 3 saturated heterocycles. The van der Waals surface area contributed by atoms with Crippen molar-refractivity contribution in [2.45, 2.75) is 73.7 Å². The van der Waals surface area contributed by atoms with Crippen LogP contribution in [-0.4, -0.2) is 68.4 Å². The Bertz CT molecular complexity index is 970. The Hall–Kier alpha value is -1.58. The highest BCUT2D eigenvalue weighted by Crippen LogP contribution is 2.67. The number of thioether (sulfide) groups is 1. The number of hydrogen-bond donors (Lipinski definition) is 2. The van der Waals surface area contributed by atoms with Crippen LogP contribution in [0.15, 0.2) is 18.2 Å². The third-order valence-electron chi connectivity index (χ3n) is 7.63. The molecule has 3 fully saturated rings. The molecule has 3 aliphatic heterocycles. The summed E-state index contributed by atoms with van der Waals surface area (Å²) in [6.45, 7) is 6.57. The molecule has 192 valence electrons. The Morgan fingerprint density at radius 2 is 1.91 bits per heavy atom. The molecule has 3 aliphatic rings. The number of alkyl halides is 1. The molecule has 0 radical (unpaired) electrons. The predicted octanol–water partition coefficient (Wildman–Crippen LogP) is 3.82. The molecule has 7 nitrogen and oxygen atoms in total. The van der Waals surface area contributed by atoms with Crippen molar-refractivity contribution in [3.05, 3.63) is 29.3 Å². The monoisotopic (exact) mass is 566 g/mol. The number of aryl methyl sites for hydroxylation is 2. The van der Waals surface area contributed by atoms with Crippen molar-refractivity contribution in [1.82, 2.24) is 4.90 Å². The molecular weight excluding hydrogens is 532 g/mol. The minimum Gasteiger partial charge on any atom is -0.466 e. The number of amides is 2. The van der Waals surface area contributed by atoms with Gasteiger partial charge in [0.25, 0.3) is 0 Å². The van der Waals surface area contributed by atoms with Crippen molar-refractivity contribution in [1.29, 1.82) is 0 Å². The summed E-state index contributed by atoms with van der Waals surface area (Å²) in [6.07, 6.45) is 3.87. The number of aliphatic hydroxyl groups excluding tert-OH is 1. The number of fused-ring (bicyclic) bond motifs is 1. The number of anilines is 1. The molecule has 1 aromatic carbocycles. The number of ether oxygens (including phenoxy) is 1. The Balaban J connectivity index is 1.67. The highest BCUT2D eigenvalue weighted by molar-refractivity contribution is 9.09. The smallest absolute Gasteiger partial charge is 0.310 e. The number of esters is 1. The second-order valence-electron chi connectivity index (χ2n) is 9.84. The number of carbonyl (C=O) groups is 3. The van der Waals surface area contributed by atoms with E-state index in [4.69, 9.17) is 9.84 Å². The summed E-state index contributed by atoms with van der Waals surface area (Å²) < 4.78 is 4.73. The first-order valence-electron chi connectivity index (χ1n) is 12.5. The van der Waals surface area contributed by atoms with Gasteiger partial charge < -0.3 is 20.1 Å². The fourth-order valence-electron chi connectivity index (χ4n) is 6.13. The minimum atomic E-state index is -0.668. The number of carbonyl (C=O) groups excluding carboxylic acids is 3. The van der Waals surface area contributed by atoms with E-state index in [9.17, 15) is 14.4 Å². The largest absolute Gasteiger partial charge is 0.466 e. The normalized spacial score (nSPS) is 31.1. The number of nitrogens with one attached hydrogen (secondary N) is 1. The van der Waals surface area contributed by atoms with Gasteiger partial charge >= 0.3 is 5.97 Å². The summed E-state index contributed by atoms with van der Waals surface area (Å²) in [7, 11) is 0. The van der Waals surface area contributed by atoms with Gasteiger partial charge in [0.1, 0.15) is 6.04 Å². The summed E-state index contributed by atoms with van der Waals surface area (Å²) in [5, 5.41) is 12.1. The zero-order valence-electron chi connectivity index (χ0n) is 20.6. The number of likely N-dealkylation sites (tertiary alicyclic amines) is 1. The van der Waals surface area contributed by atoms with E-state index in [1.54, 1.807) is 23.6 Å². The van der Waals surface area contributed by atoms with Crippen LogP contribution in [0.1, 0.15) is 50.2 Å². The molecule has 4 rings (SSSR count). The molecule has 35 heavy (non-hydrogen) atoms. The highest BCUT2D eigenvalue weighted by Gasteiger charge is 2.75. The van der Waals surface area contributed by atoms with Gasteiger partial charge in [-0.3, -0.25) is 14.4 Å². The second-order valence-corrected chi connectivity index (χ2v) is 12.6. The third kappa shape index (κ3) is 4.64. The van der Waals surface area contributed by atoms with Crippen molar-refractivity contribution < 1.29 is 24.2 Å². The number of nitrogens with zero attached hydrogens (tertiary/aromatic N) is 1. The molecule has 2 amide bonds. The number of unbranched alkanes of at least 4 members (excludes halogenated alkanes) is 3. The number of aliphatic hydroxyl groups is 1. The molecule has 9 heteroatoms. The van der Waals surface area contributed by atoms with Gasteiger partial charge in [0.05, 0.1) is 23.2 Å². The first kappa shape index (κ1) is 26.5. The average molecular weight is 568 g/mol. The van der Waals surface area contributed by atoms with Crippen LogP contribution in [0.5, 0.6) is 0 Å². The van der Waals surface area contributed by atoms with Crippen molar-refractivity contribution >= 4 is 51.2 Å². The lowest BCUT2D eigenvalue weighted by atomic mass is 9.71. The second kappa shape index (κ2) is 10.8. The molecule has 2 bridgehead atoms. The quantitative estimate of drug-likeness (QED) is 0.254. The summed E-state index contributed by atoms with van der Waals surface area (Å²) in [6, 6.07) is 5.22. The zero-order valence-corrected chi connectivity index (χ0v) is 23.0. The van der Waals surface area contributed by atoms with Gasteiger partial charge in [0, 0.05) is 28.9 Å². The lowest BCUT2D eigenvalue weighted by molar-refractivity contribution is -0.153. The van der Waals surface area contributed by atoms with Crippen molar-refractivity contribution in [3.8, 4) is 0 Å². The van der Waals surface area contributed by atoms with E-state index < -0.39 is 22.6 Å². The maximum absolute atomic E-state index is 14.0. The van der Waals surface area contributed by atoms with Crippen LogP contribution in [0.3, 0.4) is 0 Å². The van der Waals surface area contributed by atoms with Gasteiger partial charge in [-0.15, -0.1) is 11.8 Å². The van der Waals surface area contributed by atoms with Crippen LogP contribution in [0.25, 0.3) is 0 Å². The van der Waals surface area contributed by atoms with Gasteiger partial charge in [-0.1, -0.05) is 47.0 Å². The van der Waals surface area contributed by atoms with Crippen LogP contribution in [0, 0.1) is 25.7 Å². The Morgan fingerprint density at radius 1 is 1.23 bits per heavy atom. The van der Waals surface area contributed by atoms with Crippen molar-refractivity contribution in [3.63, 3.8) is 0 Å². The molecule has 3 unspecified atom stereocenters. The van der Waals surface area contributed by atoms with Crippen molar-refractivity contribution in [2.75, 3.05) is 25.1 Å². The standard InChI is InChI=1S/C26H35BrN2O5S/c1-4-34-25(33)18-19-24(32)29(12-7-5-6-8-13-30)22(26(19)14-17(27)21(18)35-26)23(31)28-20-15(2)10-9-11-16(20)3/h9-11,17-19,21-22,30H,4-8,12-14H2,1-3H3,(H,28,31)/t17?,18-,19+,21-,22?,26?/m1/s1. The minimum absolute atomic E-state index is 0.0333. The van der Waals surface area contributed by atoms with Crippen LogP contribution < -0.4 is 5.32 Å². The molecule has 3 heterocycles. The van der Waals surface area contributed by atoms with Crippen molar-refractivity contribution in [2.24, 2.45) is 11.8 Å². The van der Waals surface area contributed by atoms with E-state index in [0.717, 1.165) is 42.5 Å². The van der Waals surface area contributed by atoms with E-state index >= 15 is 0 Å². The maximum atomic E-state index is 14.0. The molecular formula is C26H35BrN2O5S. The molecule has 0 saturated carbocycles. The number of rotatable bonds is 10. The molecule has 0 aliphatic carbocycles. The van der Waals surface area contributed by atoms with E-state index in [2.05, 4.69) is 21.2 Å². The predicted molar refractivity (Wildman–Crippen MR) is 141 cm³/mol. The van der Waals surface area contributed by atoms with Crippen LogP contribution in [-0.2, 0) is 19.1 Å². The van der Waals surface area contributed by atoms with E-state index in [0.29, 0.717) is 13.0 Å². The van der Waals surface area contributed by atoms with E-state index in [-0.39, 0.29) is 41.1 Å². The Labute approximate surface area is 219 Å². The first-order valence-corrected chi connectivity index (χ1v) is 14.3. The van der Waals surface area contributed by atoms with Crippen LogP contribution in [0.2, 0.25) is 0 Å². The number of para-hydroxylation sites is 1. The van der Waals surface area contributed by atoms with E-state index in [1.807, 2.05) is 32.0 Å². The van der Waals surface area contributed by atoms with Gasteiger partial charge in [0.15, 0.2) is 0 Å². The first-order chi connectivity index (χ1) is 16.8. The molecule has 2 N–H and O–H groups in total. The van der Waals surface area contributed by atoms with Gasteiger partial charge in [-0.05, 0) is 51.2 Å². The fraction of sp³-hybridized carbons (Fsp3) is 0.654. The van der Waals surface area contributed by atoms with Crippen LogP contribution in [0.4, 0.5) is 5.69 Å². The van der Waals surface area contributed by atoms with Gasteiger partial charge in [-0.25, -0.2) is 0 Å². The number of hydrogen-bond acceptors (Lipinski definition) is 6. The number of benzene rings is 1.